The number of carbonyl (C=O) groups excluding carboxylic acids is 1. The Balaban J connectivity index is 2.35. The van der Waals surface area contributed by atoms with Gasteiger partial charge in [0.1, 0.15) is 5.75 Å². The van der Waals surface area contributed by atoms with E-state index in [1.165, 1.54) is 12.1 Å². The molecule has 1 N–H and O–H groups in total. The van der Waals surface area contributed by atoms with Crippen molar-refractivity contribution in [2.75, 3.05) is 6.54 Å². The average molecular weight is 355 g/mol. The fourth-order valence-corrected chi connectivity index (χ4v) is 2.38. The number of alkyl halides is 2. The van der Waals surface area contributed by atoms with E-state index in [2.05, 4.69) is 10.1 Å². The van der Waals surface area contributed by atoms with Crippen LogP contribution in [0, 0.1) is 0 Å². The van der Waals surface area contributed by atoms with Crippen LogP contribution in [-0.2, 0) is 9.31 Å². The second-order valence-electron chi connectivity index (χ2n) is 7.01. The van der Waals surface area contributed by atoms with E-state index in [0.29, 0.717) is 12.0 Å². The number of carbonyl (C=O) groups is 1. The van der Waals surface area contributed by atoms with Crippen molar-refractivity contribution in [3.05, 3.63) is 23.8 Å². The minimum Gasteiger partial charge on any atom is -0.435 e. The van der Waals surface area contributed by atoms with Crippen LogP contribution in [0.2, 0.25) is 0 Å². The van der Waals surface area contributed by atoms with Crippen LogP contribution in [0.4, 0.5) is 8.78 Å². The van der Waals surface area contributed by atoms with Crippen LogP contribution in [0.5, 0.6) is 5.75 Å². The van der Waals surface area contributed by atoms with Crippen LogP contribution in [0.15, 0.2) is 18.2 Å². The molecule has 1 aliphatic heterocycles. The predicted molar refractivity (Wildman–Crippen MR) is 91.4 cm³/mol. The van der Waals surface area contributed by atoms with Gasteiger partial charge in [0.15, 0.2) is 0 Å². The highest BCUT2D eigenvalue weighted by atomic mass is 19.3. The maximum Gasteiger partial charge on any atom is 0.494 e. The lowest BCUT2D eigenvalue weighted by Gasteiger charge is -2.32. The number of nitrogens with one attached hydrogen (secondary N) is 1. The molecule has 1 saturated heterocycles. The van der Waals surface area contributed by atoms with E-state index in [0.717, 1.165) is 6.42 Å². The molecule has 2 rings (SSSR count). The summed E-state index contributed by atoms with van der Waals surface area (Å²) in [6, 6.07) is 4.27. The van der Waals surface area contributed by atoms with E-state index in [1.807, 2.05) is 34.6 Å². The molecule has 1 aromatic rings. The summed E-state index contributed by atoms with van der Waals surface area (Å²) in [5.74, 6) is -0.469. The Morgan fingerprint density at radius 2 is 1.80 bits per heavy atom. The van der Waals surface area contributed by atoms with E-state index < -0.39 is 24.9 Å². The molecule has 1 aliphatic rings. The summed E-state index contributed by atoms with van der Waals surface area (Å²) in [4.78, 5) is 12.2. The first kappa shape index (κ1) is 19.7. The van der Waals surface area contributed by atoms with Crippen LogP contribution in [0.25, 0.3) is 0 Å². The Labute approximate surface area is 147 Å². The smallest absolute Gasteiger partial charge is 0.435 e. The van der Waals surface area contributed by atoms with Crippen LogP contribution in [0.1, 0.15) is 51.4 Å². The second kappa shape index (κ2) is 7.29. The van der Waals surface area contributed by atoms with Crippen LogP contribution < -0.4 is 15.5 Å². The summed E-state index contributed by atoms with van der Waals surface area (Å²) in [6.07, 6.45) is 0.767. The third-order valence-electron chi connectivity index (χ3n) is 4.48. The SMILES string of the molecule is CCCNC(=O)c1cc(OC(F)F)cc(B2OC(C)(C)C(C)(C)O2)c1. The minimum absolute atomic E-state index is 0.108. The highest BCUT2D eigenvalue weighted by Gasteiger charge is 2.51. The fraction of sp³-hybridized carbons (Fsp3) is 0.588. The molecule has 0 saturated carbocycles. The molecule has 0 bridgehead atoms. The Hall–Kier alpha value is -1.67. The van der Waals surface area contributed by atoms with Crippen molar-refractivity contribution in [2.45, 2.75) is 58.9 Å². The molecule has 1 fully saturated rings. The lowest BCUT2D eigenvalue weighted by atomic mass is 9.78. The second-order valence-corrected chi connectivity index (χ2v) is 7.01. The van der Waals surface area contributed by atoms with Gasteiger partial charge in [-0.05, 0) is 57.8 Å². The zero-order valence-corrected chi connectivity index (χ0v) is 15.2. The molecule has 0 radical (unpaired) electrons. The van der Waals surface area contributed by atoms with Crippen molar-refractivity contribution in [2.24, 2.45) is 0 Å². The van der Waals surface area contributed by atoms with E-state index in [4.69, 9.17) is 9.31 Å². The lowest BCUT2D eigenvalue weighted by Crippen LogP contribution is -2.41. The molecule has 5 nitrogen and oxygen atoms in total. The molecule has 0 aromatic heterocycles. The fourth-order valence-electron chi connectivity index (χ4n) is 2.38. The summed E-state index contributed by atoms with van der Waals surface area (Å²) in [7, 11) is -0.774. The largest absolute Gasteiger partial charge is 0.494 e. The molecular formula is C17H24BF2NO4. The van der Waals surface area contributed by atoms with Gasteiger partial charge in [-0.2, -0.15) is 8.78 Å². The third-order valence-corrected chi connectivity index (χ3v) is 4.48. The zero-order chi connectivity index (χ0) is 18.8. The average Bonchev–Trinajstić information content (AvgIpc) is 2.72. The maximum absolute atomic E-state index is 12.6. The van der Waals surface area contributed by atoms with Crippen LogP contribution >= 0.6 is 0 Å². The van der Waals surface area contributed by atoms with Crippen molar-refractivity contribution in [3.8, 4) is 5.75 Å². The van der Waals surface area contributed by atoms with Gasteiger partial charge in [-0.1, -0.05) is 6.92 Å². The molecule has 0 spiro atoms. The first-order valence-electron chi connectivity index (χ1n) is 8.29. The molecule has 1 heterocycles. The van der Waals surface area contributed by atoms with Crippen molar-refractivity contribution in [1.82, 2.24) is 5.32 Å². The quantitative estimate of drug-likeness (QED) is 0.798. The normalized spacial score (nSPS) is 18.5. The number of hydrogen-bond donors (Lipinski definition) is 1. The number of ether oxygens (including phenoxy) is 1. The van der Waals surface area contributed by atoms with E-state index in [-0.39, 0.29) is 17.2 Å². The Kier molecular flexibility index (Phi) is 5.73. The van der Waals surface area contributed by atoms with Crippen LogP contribution in [-0.4, -0.2) is 37.4 Å². The Bertz CT molecular complexity index is 621. The molecular weight excluding hydrogens is 331 g/mol. The molecule has 25 heavy (non-hydrogen) atoms. The number of benzene rings is 1. The van der Waals surface area contributed by atoms with Gasteiger partial charge in [0.25, 0.3) is 5.91 Å². The van der Waals surface area contributed by atoms with Crippen molar-refractivity contribution in [1.29, 1.82) is 0 Å². The Morgan fingerprint density at radius 3 is 2.32 bits per heavy atom. The van der Waals surface area contributed by atoms with E-state index >= 15 is 0 Å². The summed E-state index contributed by atoms with van der Waals surface area (Å²) < 4.78 is 41.6. The first-order chi connectivity index (χ1) is 11.6. The molecule has 0 aliphatic carbocycles. The van der Waals surface area contributed by atoms with Gasteiger partial charge in [0.2, 0.25) is 0 Å². The monoisotopic (exact) mass is 355 g/mol. The molecule has 0 unspecified atom stereocenters. The summed E-state index contributed by atoms with van der Waals surface area (Å²) in [5, 5.41) is 2.72. The Morgan fingerprint density at radius 1 is 1.20 bits per heavy atom. The van der Waals surface area contributed by atoms with Gasteiger partial charge in [-0.3, -0.25) is 4.79 Å². The molecule has 138 valence electrons. The van der Waals surface area contributed by atoms with E-state index in [1.54, 1.807) is 6.07 Å². The number of amides is 1. The number of hydrogen-bond acceptors (Lipinski definition) is 4. The van der Waals surface area contributed by atoms with Crippen molar-refractivity contribution >= 4 is 18.5 Å². The van der Waals surface area contributed by atoms with Gasteiger partial charge >= 0.3 is 13.7 Å². The summed E-state index contributed by atoms with van der Waals surface area (Å²) >= 11 is 0. The van der Waals surface area contributed by atoms with Crippen molar-refractivity contribution in [3.63, 3.8) is 0 Å². The standard InChI is InChI=1S/C17H24BF2NO4/c1-6-7-21-14(22)11-8-12(10-13(9-11)23-15(19)20)18-24-16(2,3)17(4,5)25-18/h8-10,15H,6-7H2,1-5H3,(H,21,22). The maximum atomic E-state index is 12.6. The highest BCUT2D eigenvalue weighted by molar-refractivity contribution is 6.62. The van der Waals surface area contributed by atoms with Gasteiger partial charge in [-0.15, -0.1) is 0 Å². The number of rotatable bonds is 6. The van der Waals surface area contributed by atoms with Gasteiger partial charge in [0.05, 0.1) is 11.2 Å². The topological polar surface area (TPSA) is 56.8 Å². The van der Waals surface area contributed by atoms with Crippen molar-refractivity contribution < 1.29 is 27.6 Å². The van der Waals surface area contributed by atoms with E-state index in [9.17, 15) is 13.6 Å². The third kappa shape index (κ3) is 4.49. The molecule has 1 amide bonds. The van der Waals surface area contributed by atoms with Gasteiger partial charge in [0, 0.05) is 12.1 Å². The minimum atomic E-state index is -2.99. The summed E-state index contributed by atoms with van der Waals surface area (Å²) in [6.45, 7) is 6.99. The number of halogens is 2. The van der Waals surface area contributed by atoms with Gasteiger partial charge < -0.3 is 19.4 Å². The van der Waals surface area contributed by atoms with Crippen LogP contribution in [0.3, 0.4) is 0 Å². The first-order valence-corrected chi connectivity index (χ1v) is 8.29. The highest BCUT2D eigenvalue weighted by Crippen LogP contribution is 2.36. The summed E-state index contributed by atoms with van der Waals surface area (Å²) in [5.41, 5.74) is -0.487. The molecule has 1 aromatic carbocycles. The lowest BCUT2D eigenvalue weighted by molar-refractivity contribution is -0.0498. The molecule has 0 atom stereocenters. The van der Waals surface area contributed by atoms with Gasteiger partial charge in [-0.25, -0.2) is 0 Å². The molecule has 8 heteroatoms. The predicted octanol–water partition coefficient (Wildman–Crippen LogP) is 2.73. The zero-order valence-electron chi connectivity index (χ0n) is 15.2.